The predicted molar refractivity (Wildman–Crippen MR) is 86.6 cm³/mol. The molecule has 0 aromatic heterocycles. The van der Waals surface area contributed by atoms with Crippen LogP contribution in [0.2, 0.25) is 0 Å². The smallest absolute Gasteiger partial charge is 0.321 e. The molecule has 22 heavy (non-hydrogen) atoms. The number of aryl methyl sites for hydroxylation is 1. The zero-order valence-electron chi connectivity index (χ0n) is 13.4. The maximum atomic E-state index is 12.0. The first kappa shape index (κ1) is 16.5. The van der Waals surface area contributed by atoms with Crippen LogP contribution in [0.4, 0.5) is 4.79 Å². The van der Waals surface area contributed by atoms with Crippen LogP contribution in [0, 0.1) is 0 Å². The lowest BCUT2D eigenvalue weighted by Gasteiger charge is -2.32. The summed E-state index contributed by atoms with van der Waals surface area (Å²) in [6.07, 6.45) is 4.12. The van der Waals surface area contributed by atoms with E-state index >= 15 is 0 Å². The molecule has 2 rings (SSSR count). The van der Waals surface area contributed by atoms with Gasteiger partial charge in [0.25, 0.3) is 0 Å². The summed E-state index contributed by atoms with van der Waals surface area (Å²) in [5.74, 6) is -0.265. The number of fused-ring (bicyclic) bond motifs is 1. The molecule has 0 spiro atoms. The van der Waals surface area contributed by atoms with Gasteiger partial charge in [-0.3, -0.25) is 15.0 Å². The first-order chi connectivity index (χ1) is 10.6. The van der Waals surface area contributed by atoms with Crippen LogP contribution in [0.25, 0.3) is 0 Å². The SMILES string of the molecule is CCCNC(=O)NC(=O)CN(C)C1CCCc2ccccc21. The third-order valence-corrected chi connectivity index (χ3v) is 4.05. The van der Waals surface area contributed by atoms with Crippen LogP contribution in [-0.4, -0.2) is 37.0 Å². The Kier molecular flexibility index (Phi) is 5.95. The second-order valence-electron chi connectivity index (χ2n) is 5.83. The number of urea groups is 1. The van der Waals surface area contributed by atoms with E-state index in [4.69, 9.17) is 0 Å². The zero-order chi connectivity index (χ0) is 15.9. The Balaban J connectivity index is 1.91. The molecule has 1 aromatic carbocycles. The van der Waals surface area contributed by atoms with Gasteiger partial charge in [0.2, 0.25) is 5.91 Å². The Morgan fingerprint density at radius 2 is 2.09 bits per heavy atom. The monoisotopic (exact) mass is 303 g/mol. The van der Waals surface area contributed by atoms with Crippen LogP contribution in [-0.2, 0) is 11.2 Å². The average molecular weight is 303 g/mol. The van der Waals surface area contributed by atoms with Crippen LogP contribution in [0.3, 0.4) is 0 Å². The number of hydrogen-bond acceptors (Lipinski definition) is 3. The Hall–Kier alpha value is -1.88. The summed E-state index contributed by atoms with van der Waals surface area (Å²) in [7, 11) is 1.94. The van der Waals surface area contributed by atoms with Crippen molar-refractivity contribution in [1.29, 1.82) is 0 Å². The molecule has 0 saturated carbocycles. The number of likely N-dealkylation sites (N-methyl/N-ethyl adjacent to an activating group) is 1. The third kappa shape index (κ3) is 4.31. The van der Waals surface area contributed by atoms with E-state index in [0.717, 1.165) is 25.7 Å². The molecule has 3 amide bonds. The molecule has 0 heterocycles. The fraction of sp³-hybridized carbons (Fsp3) is 0.529. The van der Waals surface area contributed by atoms with E-state index < -0.39 is 6.03 Å². The molecule has 5 heteroatoms. The van der Waals surface area contributed by atoms with Crippen molar-refractivity contribution in [2.45, 2.75) is 38.6 Å². The van der Waals surface area contributed by atoms with Gasteiger partial charge in [-0.25, -0.2) is 4.79 Å². The van der Waals surface area contributed by atoms with Crippen LogP contribution >= 0.6 is 0 Å². The van der Waals surface area contributed by atoms with Crippen molar-refractivity contribution < 1.29 is 9.59 Å². The second kappa shape index (κ2) is 7.94. The molecule has 0 radical (unpaired) electrons. The number of rotatable bonds is 5. The van der Waals surface area contributed by atoms with E-state index in [2.05, 4.69) is 28.8 Å². The van der Waals surface area contributed by atoms with E-state index in [9.17, 15) is 9.59 Å². The highest BCUT2D eigenvalue weighted by molar-refractivity contribution is 5.95. The minimum absolute atomic E-state index is 0.221. The lowest BCUT2D eigenvalue weighted by atomic mass is 9.87. The van der Waals surface area contributed by atoms with Gasteiger partial charge in [0.05, 0.1) is 6.54 Å². The van der Waals surface area contributed by atoms with E-state index in [1.807, 2.05) is 24.9 Å². The molecule has 1 unspecified atom stereocenters. The number of carbonyl (C=O) groups is 2. The molecule has 0 bridgehead atoms. The van der Waals surface area contributed by atoms with E-state index in [0.29, 0.717) is 6.54 Å². The molecule has 5 nitrogen and oxygen atoms in total. The minimum Gasteiger partial charge on any atom is -0.338 e. The molecule has 1 aromatic rings. The molecule has 2 N–H and O–H groups in total. The molecule has 1 aliphatic carbocycles. The Morgan fingerprint density at radius 1 is 1.32 bits per heavy atom. The fourth-order valence-electron chi connectivity index (χ4n) is 2.97. The van der Waals surface area contributed by atoms with Gasteiger partial charge >= 0.3 is 6.03 Å². The molecular weight excluding hydrogens is 278 g/mol. The maximum Gasteiger partial charge on any atom is 0.321 e. The largest absolute Gasteiger partial charge is 0.338 e. The Bertz CT molecular complexity index is 530. The number of carbonyl (C=O) groups excluding carboxylic acids is 2. The second-order valence-corrected chi connectivity index (χ2v) is 5.83. The van der Waals surface area contributed by atoms with E-state index in [1.54, 1.807) is 0 Å². The summed E-state index contributed by atoms with van der Waals surface area (Å²) in [6, 6.07) is 8.24. The van der Waals surface area contributed by atoms with Crippen LogP contribution in [0.5, 0.6) is 0 Å². The van der Waals surface area contributed by atoms with Gasteiger partial charge in [0, 0.05) is 12.6 Å². The number of hydrogen-bond donors (Lipinski definition) is 2. The first-order valence-corrected chi connectivity index (χ1v) is 7.97. The summed E-state index contributed by atoms with van der Waals surface area (Å²) in [5, 5.41) is 5.02. The molecular formula is C17H25N3O2. The lowest BCUT2D eigenvalue weighted by molar-refractivity contribution is -0.121. The van der Waals surface area contributed by atoms with Crippen molar-refractivity contribution in [3.63, 3.8) is 0 Å². The van der Waals surface area contributed by atoms with Crippen molar-refractivity contribution in [2.24, 2.45) is 0 Å². The first-order valence-electron chi connectivity index (χ1n) is 7.97. The minimum atomic E-state index is -0.413. The highest BCUT2D eigenvalue weighted by atomic mass is 16.2. The van der Waals surface area contributed by atoms with Crippen LogP contribution in [0.1, 0.15) is 43.4 Å². The Labute approximate surface area is 132 Å². The van der Waals surface area contributed by atoms with Crippen LogP contribution in [0.15, 0.2) is 24.3 Å². The Morgan fingerprint density at radius 3 is 2.86 bits per heavy atom. The summed E-state index contributed by atoms with van der Waals surface area (Å²) < 4.78 is 0. The van der Waals surface area contributed by atoms with Gasteiger partial charge in [0.1, 0.15) is 0 Å². The molecule has 1 aliphatic rings. The fourth-order valence-corrected chi connectivity index (χ4v) is 2.97. The van der Waals surface area contributed by atoms with Gasteiger partial charge in [-0.2, -0.15) is 0 Å². The van der Waals surface area contributed by atoms with Gasteiger partial charge in [-0.15, -0.1) is 0 Å². The van der Waals surface area contributed by atoms with Gasteiger partial charge in [0.15, 0.2) is 0 Å². The van der Waals surface area contributed by atoms with E-state index in [1.165, 1.54) is 11.1 Å². The van der Waals surface area contributed by atoms with E-state index in [-0.39, 0.29) is 18.5 Å². The molecule has 1 atom stereocenters. The lowest BCUT2D eigenvalue weighted by Crippen LogP contribution is -2.44. The maximum absolute atomic E-state index is 12.0. The molecule has 120 valence electrons. The standard InChI is InChI=1S/C17H25N3O2/c1-3-11-18-17(22)19-16(21)12-20(2)15-10-6-8-13-7-4-5-9-14(13)15/h4-5,7,9,15H,3,6,8,10-12H2,1-2H3,(H2,18,19,21,22). The number of benzene rings is 1. The van der Waals surface area contributed by atoms with Crippen molar-refractivity contribution in [1.82, 2.24) is 15.5 Å². The predicted octanol–water partition coefficient (Wildman–Crippen LogP) is 2.23. The number of amides is 3. The quantitative estimate of drug-likeness (QED) is 0.877. The highest BCUT2D eigenvalue weighted by Gasteiger charge is 2.24. The number of imide groups is 1. The van der Waals surface area contributed by atoms with Crippen molar-refractivity contribution in [2.75, 3.05) is 20.1 Å². The van der Waals surface area contributed by atoms with Gasteiger partial charge < -0.3 is 5.32 Å². The average Bonchev–Trinajstić information content (AvgIpc) is 2.52. The van der Waals surface area contributed by atoms with Gasteiger partial charge in [-0.1, -0.05) is 31.2 Å². The highest BCUT2D eigenvalue weighted by Crippen LogP contribution is 2.33. The van der Waals surface area contributed by atoms with Crippen molar-refractivity contribution in [3.8, 4) is 0 Å². The van der Waals surface area contributed by atoms with Crippen molar-refractivity contribution in [3.05, 3.63) is 35.4 Å². The summed E-state index contributed by atoms with van der Waals surface area (Å²) in [5.41, 5.74) is 2.67. The number of nitrogens with zero attached hydrogens (tertiary/aromatic N) is 1. The van der Waals surface area contributed by atoms with Crippen LogP contribution < -0.4 is 10.6 Å². The number of nitrogens with one attached hydrogen (secondary N) is 2. The zero-order valence-corrected chi connectivity index (χ0v) is 13.4. The normalized spacial score (nSPS) is 17.0. The topological polar surface area (TPSA) is 61.4 Å². The molecule has 0 saturated heterocycles. The molecule has 0 fully saturated rings. The molecule has 0 aliphatic heterocycles. The summed E-state index contributed by atoms with van der Waals surface area (Å²) in [4.78, 5) is 25.5. The van der Waals surface area contributed by atoms with Crippen molar-refractivity contribution >= 4 is 11.9 Å². The van der Waals surface area contributed by atoms with Gasteiger partial charge in [-0.05, 0) is 43.9 Å². The summed E-state index contributed by atoms with van der Waals surface area (Å²) >= 11 is 0. The third-order valence-electron chi connectivity index (χ3n) is 4.05. The summed E-state index contributed by atoms with van der Waals surface area (Å²) in [6.45, 7) is 2.76.